The minimum Gasteiger partial charge on any atom is -0.497 e. The number of rotatable bonds is 4. The number of allylic oxidation sites excluding steroid dienone is 2. The van der Waals surface area contributed by atoms with Crippen molar-refractivity contribution in [2.75, 3.05) is 14.2 Å². The van der Waals surface area contributed by atoms with Crippen LogP contribution in [0.4, 0.5) is 0 Å². The lowest BCUT2D eigenvalue weighted by atomic mass is 9.50. The molecule has 1 saturated carbocycles. The zero-order valence-electron chi connectivity index (χ0n) is 16.9. The van der Waals surface area contributed by atoms with Gasteiger partial charge in [0.1, 0.15) is 11.5 Å². The van der Waals surface area contributed by atoms with Crippen LogP contribution in [0.1, 0.15) is 65.4 Å². The van der Waals surface area contributed by atoms with Crippen LogP contribution < -0.4 is 9.47 Å². The second-order valence-corrected chi connectivity index (χ2v) is 8.96. The predicted octanol–water partition coefficient (Wildman–Crippen LogP) is 6.19. The monoisotopic (exact) mass is 342 g/mol. The zero-order valence-corrected chi connectivity index (χ0v) is 16.9. The van der Waals surface area contributed by atoms with Gasteiger partial charge in [0, 0.05) is 5.56 Å². The molecule has 0 saturated heterocycles. The lowest BCUT2D eigenvalue weighted by Gasteiger charge is -2.55. The fraction of sp³-hybridized carbons (Fsp3) is 0.652. The van der Waals surface area contributed by atoms with E-state index in [1.165, 1.54) is 37.7 Å². The number of hydrogen-bond donors (Lipinski definition) is 0. The van der Waals surface area contributed by atoms with E-state index in [1.807, 2.05) is 12.1 Å². The van der Waals surface area contributed by atoms with E-state index >= 15 is 0 Å². The zero-order chi connectivity index (χ0) is 18.2. The fourth-order valence-corrected chi connectivity index (χ4v) is 5.76. The molecule has 0 unspecified atom stereocenters. The predicted molar refractivity (Wildman–Crippen MR) is 104 cm³/mol. The van der Waals surface area contributed by atoms with E-state index in [1.54, 1.807) is 25.4 Å². The van der Waals surface area contributed by atoms with Crippen LogP contribution in [0.2, 0.25) is 0 Å². The third kappa shape index (κ3) is 3.20. The summed E-state index contributed by atoms with van der Waals surface area (Å²) >= 11 is 0. The smallest absolute Gasteiger partial charge is 0.122 e. The number of hydrogen-bond acceptors (Lipinski definition) is 2. The van der Waals surface area contributed by atoms with Gasteiger partial charge in [-0.2, -0.15) is 0 Å². The van der Waals surface area contributed by atoms with Crippen molar-refractivity contribution in [1.29, 1.82) is 0 Å². The van der Waals surface area contributed by atoms with Crippen LogP contribution in [0.15, 0.2) is 29.3 Å². The molecule has 1 aromatic rings. The van der Waals surface area contributed by atoms with E-state index in [-0.39, 0.29) is 0 Å². The van der Waals surface area contributed by atoms with Crippen LogP contribution in [0.25, 0.3) is 0 Å². The van der Waals surface area contributed by atoms with Crippen LogP contribution in [0, 0.1) is 16.7 Å². The maximum absolute atomic E-state index is 5.65. The molecule has 0 spiro atoms. The van der Waals surface area contributed by atoms with Crippen LogP contribution in [0.3, 0.4) is 0 Å². The third-order valence-electron chi connectivity index (χ3n) is 7.10. The molecule has 3 rings (SSSR count). The van der Waals surface area contributed by atoms with Crippen molar-refractivity contribution in [1.82, 2.24) is 0 Å². The molecule has 25 heavy (non-hydrogen) atoms. The van der Waals surface area contributed by atoms with E-state index in [0.717, 1.165) is 23.8 Å². The number of fused-ring (bicyclic) bond motifs is 1. The molecule has 0 bridgehead atoms. The lowest BCUT2D eigenvalue weighted by molar-refractivity contribution is 0.0112. The molecule has 138 valence electrons. The van der Waals surface area contributed by atoms with Crippen LogP contribution in [-0.4, -0.2) is 14.2 Å². The van der Waals surface area contributed by atoms with Gasteiger partial charge in [0.2, 0.25) is 0 Å². The molecular formula is C23H34O2. The Morgan fingerprint density at radius 2 is 1.84 bits per heavy atom. The lowest BCUT2D eigenvalue weighted by Crippen LogP contribution is -2.45. The van der Waals surface area contributed by atoms with Gasteiger partial charge in [0.15, 0.2) is 0 Å². The first-order valence-corrected chi connectivity index (χ1v) is 9.72. The molecule has 0 amide bonds. The van der Waals surface area contributed by atoms with Gasteiger partial charge in [-0.25, -0.2) is 0 Å². The standard InChI is InChI=1S/C23H34O2/c1-16-8-11-21-22(2,3)12-7-13-23(21,4)19(16)15-17-14-18(24-5)9-10-20(17)25-6/h9-10,14,21H,7-8,11-13,15H2,1-6H3/t21-,23+/m0/s1. The maximum Gasteiger partial charge on any atom is 0.122 e. The Bertz CT molecular complexity index is 671. The molecule has 2 aliphatic rings. The Balaban J connectivity index is 2.01. The summed E-state index contributed by atoms with van der Waals surface area (Å²) in [5, 5.41) is 0. The maximum atomic E-state index is 5.65. The number of methoxy groups -OCH3 is 2. The van der Waals surface area contributed by atoms with Crippen LogP contribution in [-0.2, 0) is 6.42 Å². The molecule has 0 radical (unpaired) electrons. The molecule has 0 aromatic heterocycles. The van der Waals surface area contributed by atoms with Crippen molar-refractivity contribution < 1.29 is 9.47 Å². The third-order valence-corrected chi connectivity index (χ3v) is 7.10. The summed E-state index contributed by atoms with van der Waals surface area (Å²) in [4.78, 5) is 0. The topological polar surface area (TPSA) is 18.5 Å². The highest BCUT2D eigenvalue weighted by atomic mass is 16.5. The van der Waals surface area contributed by atoms with Crippen molar-refractivity contribution in [3.63, 3.8) is 0 Å². The minimum absolute atomic E-state index is 0.318. The second kappa shape index (κ2) is 6.70. The molecule has 1 aromatic carbocycles. The van der Waals surface area contributed by atoms with Gasteiger partial charge >= 0.3 is 0 Å². The van der Waals surface area contributed by atoms with Crippen LogP contribution >= 0.6 is 0 Å². The van der Waals surface area contributed by atoms with Gasteiger partial charge in [0.25, 0.3) is 0 Å². The highest BCUT2D eigenvalue weighted by Crippen LogP contribution is 2.60. The van der Waals surface area contributed by atoms with Gasteiger partial charge < -0.3 is 9.47 Å². The van der Waals surface area contributed by atoms with Gasteiger partial charge in [-0.15, -0.1) is 0 Å². The van der Waals surface area contributed by atoms with Gasteiger partial charge in [-0.1, -0.05) is 38.3 Å². The molecule has 2 nitrogen and oxygen atoms in total. The largest absolute Gasteiger partial charge is 0.497 e. The van der Waals surface area contributed by atoms with E-state index in [9.17, 15) is 0 Å². The van der Waals surface area contributed by atoms with Gasteiger partial charge in [0.05, 0.1) is 14.2 Å². The molecular weight excluding hydrogens is 308 g/mol. The summed E-state index contributed by atoms with van der Waals surface area (Å²) in [7, 11) is 3.50. The van der Waals surface area contributed by atoms with Crippen molar-refractivity contribution in [2.24, 2.45) is 16.7 Å². The first-order valence-electron chi connectivity index (χ1n) is 9.72. The summed E-state index contributed by atoms with van der Waals surface area (Å²) in [6.07, 6.45) is 7.59. The Morgan fingerprint density at radius 1 is 1.08 bits per heavy atom. The minimum atomic E-state index is 0.318. The van der Waals surface area contributed by atoms with Crippen LogP contribution in [0.5, 0.6) is 11.5 Å². The van der Waals surface area contributed by atoms with Crippen molar-refractivity contribution in [3.05, 3.63) is 34.9 Å². The Morgan fingerprint density at radius 3 is 2.52 bits per heavy atom. The quantitative estimate of drug-likeness (QED) is 0.607. The summed E-state index contributed by atoms with van der Waals surface area (Å²) < 4.78 is 11.1. The van der Waals surface area contributed by atoms with Crippen molar-refractivity contribution >= 4 is 0 Å². The SMILES string of the molecule is COc1ccc(OC)c(CC2=C(C)CC[C@H]3C(C)(C)CCC[C@]23C)c1. The Hall–Kier alpha value is -1.44. The summed E-state index contributed by atoms with van der Waals surface area (Å²) in [5.74, 6) is 2.67. The van der Waals surface area contributed by atoms with E-state index in [2.05, 4.69) is 33.8 Å². The number of benzene rings is 1. The van der Waals surface area contributed by atoms with E-state index < -0.39 is 0 Å². The molecule has 2 aliphatic carbocycles. The summed E-state index contributed by atoms with van der Waals surface area (Å²) in [5.41, 5.74) is 5.26. The molecule has 2 atom stereocenters. The highest BCUT2D eigenvalue weighted by molar-refractivity contribution is 5.44. The Labute approximate surface area is 153 Å². The summed E-state index contributed by atoms with van der Waals surface area (Å²) in [6.45, 7) is 9.85. The molecule has 2 heteroatoms. The van der Waals surface area contributed by atoms with Gasteiger partial charge in [-0.05, 0) is 74.0 Å². The molecule has 0 aliphatic heterocycles. The second-order valence-electron chi connectivity index (χ2n) is 8.96. The van der Waals surface area contributed by atoms with E-state index in [4.69, 9.17) is 9.47 Å². The first kappa shape index (κ1) is 18.4. The average molecular weight is 343 g/mol. The van der Waals surface area contributed by atoms with Crippen molar-refractivity contribution in [2.45, 2.75) is 66.2 Å². The average Bonchev–Trinajstić information content (AvgIpc) is 2.57. The van der Waals surface area contributed by atoms with Crippen molar-refractivity contribution in [3.8, 4) is 11.5 Å². The first-order chi connectivity index (χ1) is 11.8. The molecule has 0 heterocycles. The normalized spacial score (nSPS) is 28.5. The molecule has 1 fully saturated rings. The van der Waals surface area contributed by atoms with Gasteiger partial charge in [-0.3, -0.25) is 0 Å². The summed E-state index contributed by atoms with van der Waals surface area (Å²) in [6, 6.07) is 6.18. The fourth-order valence-electron chi connectivity index (χ4n) is 5.76. The molecule has 0 N–H and O–H groups in total. The highest BCUT2D eigenvalue weighted by Gasteiger charge is 2.49. The Kier molecular flexibility index (Phi) is 4.92. The number of ether oxygens (including phenoxy) is 2. The van der Waals surface area contributed by atoms with E-state index in [0.29, 0.717) is 10.8 Å².